The van der Waals surface area contributed by atoms with Crippen molar-refractivity contribution in [2.24, 2.45) is 0 Å². The van der Waals surface area contributed by atoms with E-state index in [4.69, 9.17) is 0 Å². The second-order valence-corrected chi connectivity index (χ2v) is 6.71. The summed E-state index contributed by atoms with van der Waals surface area (Å²) >= 11 is 0. The minimum atomic E-state index is 0.0291. The molecule has 1 saturated heterocycles. The highest BCUT2D eigenvalue weighted by Gasteiger charge is 2.19. The molecule has 1 N–H and O–H groups in total. The quantitative estimate of drug-likeness (QED) is 0.688. The van der Waals surface area contributed by atoms with Crippen LogP contribution in [-0.2, 0) is 0 Å². The third-order valence-corrected chi connectivity index (χ3v) is 4.77. The molecule has 0 aliphatic carbocycles. The van der Waals surface area contributed by atoms with Gasteiger partial charge in [-0.1, -0.05) is 30.3 Å². The number of rotatable bonds is 5. The average Bonchev–Trinajstić information content (AvgIpc) is 2.75. The minimum absolute atomic E-state index is 0.0291. The summed E-state index contributed by atoms with van der Waals surface area (Å²) in [6.07, 6.45) is 1.59. The summed E-state index contributed by atoms with van der Waals surface area (Å²) in [5, 5.41) is 11.5. The van der Waals surface area contributed by atoms with Crippen molar-refractivity contribution in [2.75, 3.05) is 41.3 Å². The first-order valence-corrected chi connectivity index (χ1v) is 9.32. The van der Waals surface area contributed by atoms with Gasteiger partial charge in [-0.15, -0.1) is 5.10 Å². The maximum atomic E-state index is 11.6. The maximum absolute atomic E-state index is 11.6. The molecule has 3 aromatic rings. The van der Waals surface area contributed by atoms with Gasteiger partial charge in [0.1, 0.15) is 0 Å². The Morgan fingerprint density at radius 3 is 2.46 bits per heavy atom. The summed E-state index contributed by atoms with van der Waals surface area (Å²) < 4.78 is 0. The molecular formula is C21H22N6O. The van der Waals surface area contributed by atoms with Crippen molar-refractivity contribution in [3.05, 3.63) is 66.4 Å². The monoisotopic (exact) mass is 374 g/mol. The van der Waals surface area contributed by atoms with Crippen molar-refractivity contribution in [1.82, 2.24) is 15.2 Å². The predicted octanol–water partition coefficient (Wildman–Crippen LogP) is 3.14. The summed E-state index contributed by atoms with van der Waals surface area (Å²) in [7, 11) is 0. The van der Waals surface area contributed by atoms with E-state index in [0.717, 1.165) is 31.9 Å². The highest BCUT2D eigenvalue weighted by molar-refractivity contribution is 5.95. The van der Waals surface area contributed by atoms with Gasteiger partial charge < -0.3 is 15.1 Å². The Kier molecular flexibility index (Phi) is 5.14. The Hall–Kier alpha value is -3.48. The Labute approximate surface area is 164 Å². The average molecular weight is 374 g/mol. The van der Waals surface area contributed by atoms with Crippen molar-refractivity contribution in [3.8, 4) is 0 Å². The molecule has 7 nitrogen and oxygen atoms in total. The standard InChI is InChI=1S/C21H22N6O/c1-16(28)17-6-5-7-18(14-17)23-20-15-22-25-21(24-20)27-12-10-26(11-13-27)19-8-3-2-4-9-19/h2-9,14-15H,10-13H2,1H3,(H,23,24,25). The fraction of sp³-hybridized carbons (Fsp3) is 0.238. The van der Waals surface area contributed by atoms with Gasteiger partial charge in [0, 0.05) is 43.1 Å². The number of piperazine rings is 1. The van der Waals surface area contributed by atoms with Crippen LogP contribution in [0.2, 0.25) is 0 Å². The lowest BCUT2D eigenvalue weighted by molar-refractivity contribution is 0.101. The molecular weight excluding hydrogens is 352 g/mol. The summed E-state index contributed by atoms with van der Waals surface area (Å²) in [6, 6.07) is 17.8. The zero-order valence-corrected chi connectivity index (χ0v) is 15.7. The molecule has 0 amide bonds. The molecule has 1 aliphatic heterocycles. The van der Waals surface area contributed by atoms with Crippen molar-refractivity contribution >= 4 is 28.9 Å². The highest BCUT2D eigenvalue weighted by atomic mass is 16.1. The fourth-order valence-electron chi connectivity index (χ4n) is 3.26. The first kappa shape index (κ1) is 17.9. The van der Waals surface area contributed by atoms with E-state index in [-0.39, 0.29) is 5.78 Å². The predicted molar refractivity (Wildman–Crippen MR) is 110 cm³/mol. The molecule has 0 atom stereocenters. The van der Waals surface area contributed by atoms with E-state index >= 15 is 0 Å². The third kappa shape index (κ3) is 4.09. The van der Waals surface area contributed by atoms with E-state index < -0.39 is 0 Å². The largest absolute Gasteiger partial charge is 0.368 e. The normalized spacial score (nSPS) is 14.0. The first-order chi connectivity index (χ1) is 13.7. The molecule has 0 saturated carbocycles. The molecule has 0 spiro atoms. The Bertz CT molecular complexity index is 954. The molecule has 0 radical (unpaired) electrons. The lowest BCUT2D eigenvalue weighted by Crippen LogP contribution is -2.47. The topological polar surface area (TPSA) is 74.2 Å². The van der Waals surface area contributed by atoms with E-state index in [1.165, 1.54) is 5.69 Å². The van der Waals surface area contributed by atoms with Gasteiger partial charge in [0.15, 0.2) is 11.6 Å². The van der Waals surface area contributed by atoms with Crippen LogP contribution in [0, 0.1) is 0 Å². The summed E-state index contributed by atoms with van der Waals surface area (Å²) in [6.45, 7) is 5.04. The van der Waals surface area contributed by atoms with Crippen LogP contribution in [0.1, 0.15) is 17.3 Å². The molecule has 28 heavy (non-hydrogen) atoms. The van der Waals surface area contributed by atoms with E-state index in [9.17, 15) is 4.79 Å². The number of benzene rings is 2. The number of hydrogen-bond acceptors (Lipinski definition) is 7. The van der Waals surface area contributed by atoms with Gasteiger partial charge in [0.25, 0.3) is 0 Å². The smallest absolute Gasteiger partial charge is 0.247 e. The SMILES string of the molecule is CC(=O)c1cccc(Nc2cnnc(N3CCN(c4ccccc4)CC3)n2)c1. The number of anilines is 4. The number of para-hydroxylation sites is 1. The van der Waals surface area contributed by atoms with E-state index in [1.54, 1.807) is 19.2 Å². The van der Waals surface area contributed by atoms with Crippen molar-refractivity contribution in [2.45, 2.75) is 6.92 Å². The van der Waals surface area contributed by atoms with Gasteiger partial charge in [-0.2, -0.15) is 10.1 Å². The van der Waals surface area contributed by atoms with Crippen molar-refractivity contribution < 1.29 is 4.79 Å². The van der Waals surface area contributed by atoms with Crippen LogP contribution in [-0.4, -0.2) is 47.1 Å². The van der Waals surface area contributed by atoms with Gasteiger partial charge in [-0.25, -0.2) is 0 Å². The first-order valence-electron chi connectivity index (χ1n) is 9.32. The van der Waals surface area contributed by atoms with Gasteiger partial charge in [-0.3, -0.25) is 4.79 Å². The fourth-order valence-corrected chi connectivity index (χ4v) is 3.26. The number of Topliss-reactive ketones (excluding diaryl/α,β-unsaturated/α-hetero) is 1. The van der Waals surface area contributed by atoms with Gasteiger partial charge in [0.05, 0.1) is 6.20 Å². The van der Waals surface area contributed by atoms with Crippen LogP contribution < -0.4 is 15.1 Å². The zero-order valence-electron chi connectivity index (χ0n) is 15.7. The number of nitrogens with one attached hydrogen (secondary N) is 1. The molecule has 142 valence electrons. The lowest BCUT2D eigenvalue weighted by atomic mass is 10.1. The van der Waals surface area contributed by atoms with Crippen LogP contribution in [0.25, 0.3) is 0 Å². The maximum Gasteiger partial charge on any atom is 0.247 e. The van der Waals surface area contributed by atoms with Gasteiger partial charge in [0.2, 0.25) is 5.95 Å². The molecule has 2 aromatic carbocycles. The van der Waals surface area contributed by atoms with E-state index in [0.29, 0.717) is 17.3 Å². The Morgan fingerprint density at radius 2 is 1.71 bits per heavy atom. The molecule has 1 aliphatic rings. The summed E-state index contributed by atoms with van der Waals surface area (Å²) in [5.41, 5.74) is 2.69. The number of carbonyl (C=O) groups excluding carboxylic acids is 1. The molecule has 7 heteroatoms. The number of aromatic nitrogens is 3. The number of hydrogen-bond donors (Lipinski definition) is 1. The van der Waals surface area contributed by atoms with Crippen LogP contribution in [0.3, 0.4) is 0 Å². The molecule has 0 unspecified atom stereocenters. The molecule has 1 fully saturated rings. The molecule has 0 bridgehead atoms. The zero-order chi connectivity index (χ0) is 19.3. The lowest BCUT2D eigenvalue weighted by Gasteiger charge is -2.35. The summed E-state index contributed by atoms with van der Waals surface area (Å²) in [4.78, 5) is 20.7. The second kappa shape index (κ2) is 8.04. The van der Waals surface area contributed by atoms with Gasteiger partial charge >= 0.3 is 0 Å². The van der Waals surface area contributed by atoms with Crippen LogP contribution in [0.15, 0.2) is 60.8 Å². The second-order valence-electron chi connectivity index (χ2n) is 6.71. The van der Waals surface area contributed by atoms with Crippen molar-refractivity contribution in [3.63, 3.8) is 0 Å². The Balaban J connectivity index is 1.43. The number of nitrogens with zero attached hydrogens (tertiary/aromatic N) is 5. The summed E-state index contributed by atoms with van der Waals surface area (Å²) in [5.74, 6) is 1.25. The van der Waals surface area contributed by atoms with Crippen LogP contribution >= 0.6 is 0 Å². The van der Waals surface area contributed by atoms with Crippen molar-refractivity contribution in [1.29, 1.82) is 0 Å². The van der Waals surface area contributed by atoms with Crippen LogP contribution in [0.4, 0.5) is 23.1 Å². The van der Waals surface area contributed by atoms with E-state index in [1.807, 2.05) is 24.3 Å². The molecule has 4 rings (SSSR count). The van der Waals surface area contributed by atoms with Crippen LogP contribution in [0.5, 0.6) is 0 Å². The third-order valence-electron chi connectivity index (χ3n) is 4.77. The number of carbonyl (C=O) groups is 1. The van der Waals surface area contributed by atoms with Gasteiger partial charge in [-0.05, 0) is 31.2 Å². The number of ketones is 1. The molecule has 1 aromatic heterocycles. The minimum Gasteiger partial charge on any atom is -0.368 e. The Morgan fingerprint density at radius 1 is 0.964 bits per heavy atom. The molecule has 2 heterocycles. The van der Waals surface area contributed by atoms with E-state index in [2.05, 4.69) is 54.6 Å². The highest BCUT2D eigenvalue weighted by Crippen LogP contribution is 2.20.